The molecule has 1 aliphatic heterocycles. The molecule has 2 nitrogen and oxygen atoms in total. The van der Waals surface area contributed by atoms with E-state index in [-0.39, 0.29) is 0 Å². The van der Waals surface area contributed by atoms with E-state index < -0.39 is 0 Å². The van der Waals surface area contributed by atoms with E-state index >= 15 is 0 Å². The Kier molecular flexibility index (Phi) is 7.06. The van der Waals surface area contributed by atoms with Gasteiger partial charge in [-0.2, -0.15) is 0 Å². The number of hydrogen-bond donors (Lipinski definition) is 1. The molecule has 0 bridgehead atoms. The smallest absolute Gasteiger partial charge is 0.0338 e. The van der Waals surface area contributed by atoms with Crippen LogP contribution in [0.3, 0.4) is 0 Å². The second-order valence-electron chi connectivity index (χ2n) is 2.79. The normalized spacial score (nSPS) is 26.3. The van der Waals surface area contributed by atoms with Gasteiger partial charge in [-0.05, 0) is 25.3 Å². The van der Waals surface area contributed by atoms with Gasteiger partial charge >= 0.3 is 0 Å². The third kappa shape index (κ3) is 3.35. The monoisotopic (exact) mass is 170 g/mol. The summed E-state index contributed by atoms with van der Waals surface area (Å²) >= 11 is 0. The van der Waals surface area contributed by atoms with Crippen LogP contribution in [0.2, 0.25) is 0 Å². The largest absolute Gasteiger partial charge is 0.311 e. The summed E-state index contributed by atoms with van der Waals surface area (Å²) in [6.07, 6.45) is 2.51. The van der Waals surface area contributed by atoms with Gasteiger partial charge in [0.2, 0.25) is 0 Å². The molecule has 0 aliphatic carbocycles. The van der Waals surface area contributed by atoms with Crippen LogP contribution in [0, 0.1) is 5.92 Å². The summed E-state index contributed by atoms with van der Waals surface area (Å²) in [4.78, 5) is 4.25. The molecule has 12 heavy (non-hydrogen) atoms. The molecule has 0 radical (unpaired) electrons. The maximum Gasteiger partial charge on any atom is 0.0338 e. The Morgan fingerprint density at radius 1 is 1.50 bits per heavy atom. The highest BCUT2D eigenvalue weighted by molar-refractivity contribution is 5.89. The summed E-state index contributed by atoms with van der Waals surface area (Å²) in [7, 11) is 1.89. The zero-order valence-electron chi connectivity index (χ0n) is 8.85. The molecule has 0 spiro atoms. The van der Waals surface area contributed by atoms with Gasteiger partial charge in [-0.25, -0.2) is 0 Å². The minimum absolute atomic E-state index is 0.756. The van der Waals surface area contributed by atoms with E-state index in [0.29, 0.717) is 0 Å². The van der Waals surface area contributed by atoms with Crippen molar-refractivity contribution in [2.45, 2.75) is 33.6 Å². The molecule has 0 aromatic carbocycles. The highest BCUT2D eigenvalue weighted by Crippen LogP contribution is 2.12. The van der Waals surface area contributed by atoms with Crippen molar-refractivity contribution < 1.29 is 0 Å². The van der Waals surface area contributed by atoms with Crippen LogP contribution in [0.25, 0.3) is 0 Å². The number of aliphatic imine (C=N–C) groups is 1. The fourth-order valence-electron chi connectivity index (χ4n) is 1.51. The van der Waals surface area contributed by atoms with E-state index in [1.54, 1.807) is 0 Å². The Labute approximate surface area is 76.5 Å². The number of piperidine rings is 1. The first-order chi connectivity index (χ1) is 5.88. The van der Waals surface area contributed by atoms with Crippen molar-refractivity contribution in [2.75, 3.05) is 20.1 Å². The molecule has 1 rings (SSSR count). The average molecular weight is 170 g/mol. The lowest BCUT2D eigenvalue weighted by Crippen LogP contribution is -2.36. The Morgan fingerprint density at radius 2 is 2.17 bits per heavy atom. The molecular weight excluding hydrogens is 148 g/mol. The number of rotatable bonds is 1. The molecule has 2 heteroatoms. The second-order valence-corrected chi connectivity index (χ2v) is 2.79. The average Bonchev–Trinajstić information content (AvgIpc) is 2.20. The van der Waals surface area contributed by atoms with Gasteiger partial charge in [0.15, 0.2) is 0 Å². The number of nitrogens with one attached hydrogen (secondary N) is 1. The van der Waals surface area contributed by atoms with Crippen molar-refractivity contribution >= 4 is 5.71 Å². The van der Waals surface area contributed by atoms with Crippen LogP contribution in [-0.4, -0.2) is 25.8 Å². The van der Waals surface area contributed by atoms with Crippen molar-refractivity contribution in [2.24, 2.45) is 10.9 Å². The molecule has 0 amide bonds. The quantitative estimate of drug-likeness (QED) is 0.640. The summed E-state index contributed by atoms with van der Waals surface area (Å²) in [5.74, 6) is 0.756. The predicted octanol–water partition coefficient (Wildman–Crippen LogP) is 2.10. The maximum absolute atomic E-state index is 4.25. The van der Waals surface area contributed by atoms with Crippen LogP contribution in [0.4, 0.5) is 0 Å². The van der Waals surface area contributed by atoms with E-state index in [0.717, 1.165) is 19.0 Å². The predicted molar refractivity (Wildman–Crippen MR) is 56.0 cm³/mol. The molecule has 1 heterocycles. The van der Waals surface area contributed by atoms with Gasteiger partial charge in [0, 0.05) is 19.3 Å². The summed E-state index contributed by atoms with van der Waals surface area (Å²) in [5.41, 5.74) is 1.36. The maximum atomic E-state index is 4.25. The van der Waals surface area contributed by atoms with Gasteiger partial charge < -0.3 is 5.32 Å². The first-order valence-corrected chi connectivity index (χ1v) is 5.04. The molecule has 0 aromatic heterocycles. The lowest BCUT2D eigenvalue weighted by Gasteiger charge is -2.23. The van der Waals surface area contributed by atoms with E-state index in [1.165, 1.54) is 18.6 Å². The highest BCUT2D eigenvalue weighted by atomic mass is 14.9. The third-order valence-electron chi connectivity index (χ3n) is 2.23. The van der Waals surface area contributed by atoms with Crippen molar-refractivity contribution in [3.8, 4) is 0 Å². The Bertz CT molecular complexity index is 130. The van der Waals surface area contributed by atoms with E-state index in [4.69, 9.17) is 0 Å². The van der Waals surface area contributed by atoms with Crippen LogP contribution in [0.15, 0.2) is 4.99 Å². The second kappa shape index (κ2) is 7.29. The van der Waals surface area contributed by atoms with Crippen LogP contribution in [-0.2, 0) is 0 Å². The minimum Gasteiger partial charge on any atom is -0.311 e. The van der Waals surface area contributed by atoms with Gasteiger partial charge in [-0.1, -0.05) is 20.8 Å². The van der Waals surface area contributed by atoms with Gasteiger partial charge in [0.05, 0.1) is 0 Å². The fraction of sp³-hybridized carbons (Fsp3) is 0.900. The summed E-state index contributed by atoms with van der Waals surface area (Å²) in [6, 6.07) is 0. The van der Waals surface area contributed by atoms with Gasteiger partial charge in [0.25, 0.3) is 0 Å². The first kappa shape index (κ1) is 11.6. The van der Waals surface area contributed by atoms with Gasteiger partial charge in [-0.3, -0.25) is 4.99 Å². The third-order valence-corrected chi connectivity index (χ3v) is 2.23. The zero-order chi connectivity index (χ0) is 9.40. The molecule has 1 N–H and O–H groups in total. The molecule has 72 valence electrons. The molecule has 1 saturated heterocycles. The molecule has 1 unspecified atom stereocenters. The summed E-state index contributed by atoms with van der Waals surface area (Å²) in [5, 5.41) is 3.32. The van der Waals surface area contributed by atoms with Gasteiger partial charge in [-0.15, -0.1) is 0 Å². The molecule has 1 fully saturated rings. The van der Waals surface area contributed by atoms with Crippen molar-refractivity contribution in [1.82, 2.24) is 5.32 Å². The lowest BCUT2D eigenvalue weighted by molar-refractivity contribution is 0.526. The molecule has 0 saturated carbocycles. The summed E-state index contributed by atoms with van der Waals surface area (Å²) in [6.45, 7) is 8.41. The fourth-order valence-corrected chi connectivity index (χ4v) is 1.51. The van der Waals surface area contributed by atoms with Crippen molar-refractivity contribution in [1.29, 1.82) is 0 Å². The van der Waals surface area contributed by atoms with E-state index in [1.807, 2.05) is 20.9 Å². The minimum atomic E-state index is 0.756. The molecular formula is C10H22N2. The van der Waals surface area contributed by atoms with Crippen LogP contribution in [0.5, 0.6) is 0 Å². The van der Waals surface area contributed by atoms with Crippen LogP contribution >= 0.6 is 0 Å². The number of nitrogens with zero attached hydrogens (tertiary/aromatic N) is 1. The SMILES string of the molecule is CC.CCC1CCNCC1=NC. The first-order valence-electron chi connectivity index (χ1n) is 5.04. The van der Waals surface area contributed by atoms with Crippen LogP contribution in [0.1, 0.15) is 33.6 Å². The van der Waals surface area contributed by atoms with Gasteiger partial charge in [0.1, 0.15) is 0 Å². The number of hydrogen-bond acceptors (Lipinski definition) is 2. The Morgan fingerprint density at radius 3 is 2.58 bits per heavy atom. The van der Waals surface area contributed by atoms with Crippen molar-refractivity contribution in [3.05, 3.63) is 0 Å². The van der Waals surface area contributed by atoms with Crippen molar-refractivity contribution in [3.63, 3.8) is 0 Å². The zero-order valence-corrected chi connectivity index (χ0v) is 8.85. The molecule has 1 atom stereocenters. The Hall–Kier alpha value is -0.370. The lowest BCUT2D eigenvalue weighted by atomic mass is 9.93. The van der Waals surface area contributed by atoms with E-state index in [2.05, 4.69) is 17.2 Å². The van der Waals surface area contributed by atoms with E-state index in [9.17, 15) is 0 Å². The summed E-state index contributed by atoms with van der Waals surface area (Å²) < 4.78 is 0. The van der Waals surface area contributed by atoms with Crippen LogP contribution < -0.4 is 5.32 Å². The standard InChI is InChI=1S/C8H16N2.C2H6/c1-3-7-4-5-10-6-8(7)9-2;1-2/h7,10H,3-6H2,1-2H3;1-2H3. The Balaban J connectivity index is 0.000000561. The topological polar surface area (TPSA) is 24.4 Å². The molecule has 1 aliphatic rings. The molecule has 0 aromatic rings. The highest BCUT2D eigenvalue weighted by Gasteiger charge is 2.16.